The predicted octanol–water partition coefficient (Wildman–Crippen LogP) is 4.65. The number of ether oxygens (including phenoxy) is 5. The molecule has 1 N–H and O–H groups in total. The summed E-state index contributed by atoms with van der Waals surface area (Å²) in [7, 11) is 4.38. The summed E-state index contributed by atoms with van der Waals surface area (Å²) in [5, 5.41) is 3.42. The number of pyridine rings is 1. The number of methoxy groups -OCH3 is 3. The van der Waals surface area contributed by atoms with Gasteiger partial charge in [-0.2, -0.15) is 0 Å². The second kappa shape index (κ2) is 10.9. The number of esters is 1. The summed E-state index contributed by atoms with van der Waals surface area (Å²) in [6, 6.07) is 13.6. The fourth-order valence-electron chi connectivity index (χ4n) is 3.38. The summed E-state index contributed by atoms with van der Waals surface area (Å²) in [5.41, 5.74) is 0.813. The van der Waals surface area contributed by atoms with Crippen molar-refractivity contribution in [1.82, 2.24) is 10.3 Å². The van der Waals surface area contributed by atoms with Gasteiger partial charge in [0.25, 0.3) is 0 Å². The minimum absolute atomic E-state index is 0.221. The normalized spacial score (nSPS) is 11.9. The number of nitrogens with zero attached hydrogens (tertiary/aromatic N) is 1. The molecule has 1 amide bonds. The number of benzene rings is 2. The van der Waals surface area contributed by atoms with Crippen LogP contribution < -0.4 is 19.5 Å². The van der Waals surface area contributed by atoms with Gasteiger partial charge < -0.3 is 29.0 Å². The van der Waals surface area contributed by atoms with Crippen molar-refractivity contribution in [3.8, 4) is 23.1 Å². The van der Waals surface area contributed by atoms with Crippen LogP contribution in [0.25, 0.3) is 10.9 Å². The number of carbonyl (C=O) groups excluding carboxylic acids is 2. The van der Waals surface area contributed by atoms with E-state index in [0.717, 1.165) is 10.9 Å². The fourth-order valence-corrected chi connectivity index (χ4v) is 3.38. The van der Waals surface area contributed by atoms with Gasteiger partial charge in [-0.05, 0) is 56.7 Å². The monoisotopic (exact) mass is 482 g/mol. The molecule has 0 bridgehead atoms. The third-order valence-corrected chi connectivity index (χ3v) is 4.93. The van der Waals surface area contributed by atoms with Gasteiger partial charge in [0.15, 0.2) is 11.5 Å². The first-order valence-electron chi connectivity index (χ1n) is 11.0. The van der Waals surface area contributed by atoms with Crippen LogP contribution in [0.3, 0.4) is 0 Å². The van der Waals surface area contributed by atoms with Crippen molar-refractivity contribution in [3.63, 3.8) is 0 Å². The second-order valence-electron chi connectivity index (χ2n) is 8.70. The lowest BCUT2D eigenvalue weighted by Crippen LogP contribution is -2.45. The quantitative estimate of drug-likeness (QED) is 0.463. The number of para-hydroxylation sites is 1. The van der Waals surface area contributed by atoms with E-state index in [4.69, 9.17) is 23.7 Å². The Hall–Kier alpha value is -4.01. The van der Waals surface area contributed by atoms with Gasteiger partial charge in [-0.3, -0.25) is 0 Å². The molecule has 0 saturated carbocycles. The average molecular weight is 483 g/mol. The van der Waals surface area contributed by atoms with Crippen LogP contribution in [0, 0.1) is 0 Å². The Labute approximate surface area is 204 Å². The third-order valence-electron chi connectivity index (χ3n) is 4.93. The van der Waals surface area contributed by atoms with Gasteiger partial charge >= 0.3 is 12.1 Å². The lowest BCUT2D eigenvalue weighted by atomic mass is 10.0. The van der Waals surface area contributed by atoms with Crippen molar-refractivity contribution >= 4 is 23.0 Å². The fraction of sp³-hybridized carbons (Fsp3) is 0.346. The summed E-state index contributed by atoms with van der Waals surface area (Å²) in [5.74, 6) is 1.27. The SMILES string of the molecule is COC(=O)C(Cc1ccc2nc(Oc3c(OC)cccc3OC)ccc2c1)NC(=O)OC(C)(C)C. The molecule has 0 spiro atoms. The Morgan fingerprint density at radius 3 is 2.26 bits per heavy atom. The standard InChI is InChI=1S/C26H30N2O7/c1-26(2,3)35-25(30)28-19(24(29)33-6)15-16-10-12-18-17(14-16)11-13-22(27-18)34-23-20(31-4)8-7-9-21(23)32-5/h7-14,19H,15H2,1-6H3,(H,28,30). The zero-order chi connectivity index (χ0) is 25.6. The van der Waals surface area contributed by atoms with Gasteiger partial charge in [-0.1, -0.05) is 12.1 Å². The molecular formula is C26H30N2O7. The Morgan fingerprint density at radius 2 is 1.66 bits per heavy atom. The largest absolute Gasteiger partial charge is 0.493 e. The van der Waals surface area contributed by atoms with Gasteiger partial charge in [0.1, 0.15) is 11.6 Å². The number of nitrogens with one attached hydrogen (secondary N) is 1. The van der Waals surface area contributed by atoms with Crippen LogP contribution in [0.2, 0.25) is 0 Å². The number of alkyl carbamates (subject to hydrolysis) is 1. The molecule has 186 valence electrons. The number of rotatable bonds is 8. The van der Waals surface area contributed by atoms with E-state index in [1.165, 1.54) is 7.11 Å². The molecule has 9 nitrogen and oxygen atoms in total. The van der Waals surface area contributed by atoms with Crippen molar-refractivity contribution < 1.29 is 33.3 Å². The average Bonchev–Trinajstić information content (AvgIpc) is 2.82. The molecule has 9 heteroatoms. The third kappa shape index (κ3) is 6.75. The maximum Gasteiger partial charge on any atom is 0.408 e. The molecule has 35 heavy (non-hydrogen) atoms. The van der Waals surface area contributed by atoms with Crippen molar-refractivity contribution in [2.45, 2.75) is 38.8 Å². The molecular weight excluding hydrogens is 452 g/mol. The Balaban J connectivity index is 1.81. The van der Waals surface area contributed by atoms with Gasteiger partial charge in [-0.25, -0.2) is 14.6 Å². The molecule has 0 aliphatic carbocycles. The van der Waals surface area contributed by atoms with Crippen LogP contribution in [0.4, 0.5) is 4.79 Å². The molecule has 0 aliphatic rings. The van der Waals surface area contributed by atoms with Crippen LogP contribution in [-0.4, -0.2) is 50.0 Å². The highest BCUT2D eigenvalue weighted by atomic mass is 16.6. The number of amides is 1. The van der Waals surface area contributed by atoms with Crippen LogP contribution in [-0.2, 0) is 20.7 Å². The topological polar surface area (TPSA) is 105 Å². The number of carbonyl (C=O) groups is 2. The first kappa shape index (κ1) is 25.6. The minimum atomic E-state index is -0.902. The summed E-state index contributed by atoms with van der Waals surface area (Å²) >= 11 is 0. The zero-order valence-electron chi connectivity index (χ0n) is 20.7. The zero-order valence-corrected chi connectivity index (χ0v) is 20.7. The van der Waals surface area contributed by atoms with E-state index < -0.39 is 23.7 Å². The van der Waals surface area contributed by atoms with E-state index in [-0.39, 0.29) is 6.42 Å². The summed E-state index contributed by atoms with van der Waals surface area (Å²) in [4.78, 5) is 29.0. The number of fused-ring (bicyclic) bond motifs is 1. The Morgan fingerprint density at radius 1 is 0.971 bits per heavy atom. The van der Waals surface area contributed by atoms with Gasteiger partial charge in [-0.15, -0.1) is 0 Å². The van der Waals surface area contributed by atoms with Gasteiger partial charge in [0, 0.05) is 17.9 Å². The molecule has 3 aromatic rings. The molecule has 2 aromatic carbocycles. The smallest absolute Gasteiger partial charge is 0.408 e. The summed E-state index contributed by atoms with van der Waals surface area (Å²) in [6.45, 7) is 5.24. The molecule has 1 aromatic heterocycles. The minimum Gasteiger partial charge on any atom is -0.493 e. The summed E-state index contributed by atoms with van der Waals surface area (Å²) < 4.78 is 26.8. The van der Waals surface area contributed by atoms with Crippen LogP contribution in [0.15, 0.2) is 48.5 Å². The highest BCUT2D eigenvalue weighted by Gasteiger charge is 2.25. The van der Waals surface area contributed by atoms with Crippen LogP contribution >= 0.6 is 0 Å². The Kier molecular flexibility index (Phi) is 8.01. The maximum absolute atomic E-state index is 12.3. The van der Waals surface area contributed by atoms with Crippen LogP contribution in [0.1, 0.15) is 26.3 Å². The number of hydrogen-bond acceptors (Lipinski definition) is 8. The van der Waals surface area contributed by atoms with Crippen molar-refractivity contribution in [1.29, 1.82) is 0 Å². The van der Waals surface area contributed by atoms with E-state index in [1.54, 1.807) is 59.3 Å². The molecule has 1 unspecified atom stereocenters. The Bertz CT molecular complexity index is 1180. The van der Waals surface area contributed by atoms with Crippen molar-refractivity contribution in [2.75, 3.05) is 21.3 Å². The number of aromatic nitrogens is 1. The lowest BCUT2D eigenvalue weighted by molar-refractivity contribution is -0.143. The van der Waals surface area contributed by atoms with Gasteiger partial charge in [0.05, 0.1) is 26.8 Å². The number of hydrogen-bond donors (Lipinski definition) is 1. The van der Waals surface area contributed by atoms with E-state index in [1.807, 2.05) is 24.3 Å². The molecule has 0 saturated heterocycles. The predicted molar refractivity (Wildman–Crippen MR) is 130 cm³/mol. The first-order valence-corrected chi connectivity index (χ1v) is 11.0. The van der Waals surface area contributed by atoms with E-state index in [2.05, 4.69) is 10.3 Å². The molecule has 0 radical (unpaired) electrons. The van der Waals surface area contributed by atoms with Crippen molar-refractivity contribution in [2.24, 2.45) is 0 Å². The van der Waals surface area contributed by atoms with E-state index >= 15 is 0 Å². The molecule has 3 rings (SSSR count). The van der Waals surface area contributed by atoms with E-state index in [0.29, 0.717) is 28.6 Å². The first-order chi connectivity index (χ1) is 16.6. The molecule has 0 fully saturated rings. The van der Waals surface area contributed by atoms with Crippen LogP contribution in [0.5, 0.6) is 23.1 Å². The highest BCUT2D eigenvalue weighted by molar-refractivity contribution is 5.83. The second-order valence-corrected chi connectivity index (χ2v) is 8.70. The molecule has 1 heterocycles. The molecule has 1 atom stereocenters. The van der Waals surface area contributed by atoms with E-state index in [9.17, 15) is 9.59 Å². The highest BCUT2D eigenvalue weighted by Crippen LogP contribution is 2.39. The van der Waals surface area contributed by atoms with Crippen molar-refractivity contribution in [3.05, 3.63) is 54.1 Å². The van der Waals surface area contributed by atoms with Gasteiger partial charge in [0.2, 0.25) is 11.6 Å². The maximum atomic E-state index is 12.3. The lowest BCUT2D eigenvalue weighted by Gasteiger charge is -2.22. The molecule has 0 aliphatic heterocycles. The summed E-state index contributed by atoms with van der Waals surface area (Å²) in [6.07, 6.45) is -0.470.